The van der Waals surface area contributed by atoms with Crippen LogP contribution in [0.1, 0.15) is 30.5 Å². The molecule has 0 unspecified atom stereocenters. The number of piperazine rings is 1. The van der Waals surface area contributed by atoms with Gasteiger partial charge < -0.3 is 15.5 Å². The molecule has 1 aliphatic carbocycles. The fourth-order valence-electron chi connectivity index (χ4n) is 2.96. The Labute approximate surface area is 119 Å². The van der Waals surface area contributed by atoms with E-state index in [-0.39, 0.29) is 0 Å². The summed E-state index contributed by atoms with van der Waals surface area (Å²) in [6.45, 7) is 3.00. The van der Waals surface area contributed by atoms with E-state index in [9.17, 15) is 4.79 Å². The molecule has 3 rings (SSSR count). The average Bonchev–Trinajstić information content (AvgIpc) is 2.73. The van der Waals surface area contributed by atoms with Gasteiger partial charge in [0.05, 0.1) is 5.69 Å². The quantitative estimate of drug-likeness (QED) is 0.632. The van der Waals surface area contributed by atoms with Crippen molar-refractivity contribution in [3.63, 3.8) is 0 Å². The molecule has 1 amide bonds. The number of carbonyl (C=O) groups is 1. The minimum atomic E-state index is 0.643. The van der Waals surface area contributed by atoms with Crippen LogP contribution < -0.4 is 10.6 Å². The Hall–Kier alpha value is -1.85. The molecule has 1 fully saturated rings. The SMILES string of the molecule is Nc1nc(N2CCN(C=O)CC2)nc2c1CCCCC2. The van der Waals surface area contributed by atoms with Crippen LogP contribution in [0, 0.1) is 0 Å². The van der Waals surface area contributed by atoms with Gasteiger partial charge in [0.15, 0.2) is 0 Å². The second kappa shape index (κ2) is 5.64. The minimum Gasteiger partial charge on any atom is -0.383 e. The van der Waals surface area contributed by atoms with Gasteiger partial charge in [0, 0.05) is 31.7 Å². The smallest absolute Gasteiger partial charge is 0.227 e. The van der Waals surface area contributed by atoms with Gasteiger partial charge in [-0.3, -0.25) is 4.79 Å². The third-order valence-corrected chi connectivity index (χ3v) is 4.20. The summed E-state index contributed by atoms with van der Waals surface area (Å²) in [5.74, 6) is 1.37. The van der Waals surface area contributed by atoms with Gasteiger partial charge in [0.25, 0.3) is 0 Å². The van der Waals surface area contributed by atoms with Crippen molar-refractivity contribution in [1.82, 2.24) is 14.9 Å². The van der Waals surface area contributed by atoms with Crippen molar-refractivity contribution in [1.29, 1.82) is 0 Å². The first-order valence-corrected chi connectivity index (χ1v) is 7.37. The van der Waals surface area contributed by atoms with Gasteiger partial charge in [0.2, 0.25) is 12.4 Å². The maximum Gasteiger partial charge on any atom is 0.227 e. The van der Waals surface area contributed by atoms with Crippen molar-refractivity contribution < 1.29 is 4.79 Å². The van der Waals surface area contributed by atoms with Crippen molar-refractivity contribution in [3.05, 3.63) is 11.3 Å². The molecule has 6 nitrogen and oxygen atoms in total. The Morgan fingerprint density at radius 2 is 1.75 bits per heavy atom. The lowest BCUT2D eigenvalue weighted by Gasteiger charge is -2.32. The number of rotatable bonds is 2. The van der Waals surface area contributed by atoms with E-state index >= 15 is 0 Å². The topological polar surface area (TPSA) is 75.3 Å². The number of fused-ring (bicyclic) bond motifs is 1. The molecule has 1 aromatic rings. The van der Waals surface area contributed by atoms with Crippen molar-refractivity contribution in [2.24, 2.45) is 0 Å². The highest BCUT2D eigenvalue weighted by Gasteiger charge is 2.21. The van der Waals surface area contributed by atoms with E-state index in [2.05, 4.69) is 9.88 Å². The van der Waals surface area contributed by atoms with Crippen molar-refractivity contribution >= 4 is 18.2 Å². The van der Waals surface area contributed by atoms with Crippen LogP contribution in [-0.2, 0) is 17.6 Å². The Morgan fingerprint density at radius 1 is 1.00 bits per heavy atom. The summed E-state index contributed by atoms with van der Waals surface area (Å²) in [4.78, 5) is 23.9. The summed E-state index contributed by atoms with van der Waals surface area (Å²) in [7, 11) is 0. The van der Waals surface area contributed by atoms with Crippen LogP contribution in [0.25, 0.3) is 0 Å². The molecule has 2 aliphatic rings. The fourth-order valence-corrected chi connectivity index (χ4v) is 2.96. The Bertz CT molecular complexity index is 497. The molecule has 108 valence electrons. The lowest BCUT2D eigenvalue weighted by atomic mass is 10.1. The summed E-state index contributed by atoms with van der Waals surface area (Å²) >= 11 is 0. The lowest BCUT2D eigenvalue weighted by Crippen LogP contribution is -2.46. The Kier molecular flexibility index (Phi) is 3.71. The molecule has 0 aromatic carbocycles. The molecule has 6 heteroatoms. The van der Waals surface area contributed by atoms with Gasteiger partial charge in [-0.05, 0) is 25.7 Å². The van der Waals surface area contributed by atoms with E-state index in [1.807, 2.05) is 0 Å². The third kappa shape index (κ3) is 2.55. The van der Waals surface area contributed by atoms with Crippen LogP contribution in [0.5, 0.6) is 0 Å². The summed E-state index contributed by atoms with van der Waals surface area (Å²) in [5.41, 5.74) is 8.41. The number of hydrogen-bond donors (Lipinski definition) is 1. The summed E-state index contributed by atoms with van der Waals surface area (Å²) in [6, 6.07) is 0. The molecule has 2 heterocycles. The van der Waals surface area contributed by atoms with Crippen molar-refractivity contribution in [2.75, 3.05) is 36.8 Å². The Balaban J connectivity index is 1.82. The maximum atomic E-state index is 10.7. The molecule has 1 saturated heterocycles. The van der Waals surface area contributed by atoms with E-state index in [1.54, 1.807) is 4.90 Å². The number of nitrogens with two attached hydrogens (primary N) is 1. The van der Waals surface area contributed by atoms with Gasteiger partial charge >= 0.3 is 0 Å². The number of aromatic nitrogens is 2. The minimum absolute atomic E-state index is 0.643. The van der Waals surface area contributed by atoms with Gasteiger partial charge in [-0.15, -0.1) is 0 Å². The number of hydrogen-bond acceptors (Lipinski definition) is 5. The van der Waals surface area contributed by atoms with Crippen LogP contribution in [0.3, 0.4) is 0 Å². The number of anilines is 2. The molecule has 0 atom stereocenters. The second-order valence-corrected chi connectivity index (χ2v) is 5.52. The van der Waals surface area contributed by atoms with Crippen LogP contribution in [0.4, 0.5) is 11.8 Å². The first kappa shape index (κ1) is 13.1. The predicted octanol–water partition coefficient (Wildman–Crippen LogP) is 0.606. The van der Waals surface area contributed by atoms with Crippen LogP contribution >= 0.6 is 0 Å². The third-order valence-electron chi connectivity index (χ3n) is 4.20. The molecule has 0 saturated carbocycles. The van der Waals surface area contributed by atoms with E-state index in [0.29, 0.717) is 5.82 Å². The predicted molar refractivity (Wildman–Crippen MR) is 77.6 cm³/mol. The molecule has 0 radical (unpaired) electrons. The highest BCUT2D eigenvalue weighted by Crippen LogP contribution is 2.25. The summed E-state index contributed by atoms with van der Waals surface area (Å²) < 4.78 is 0. The van der Waals surface area contributed by atoms with E-state index in [0.717, 1.165) is 62.6 Å². The van der Waals surface area contributed by atoms with Crippen molar-refractivity contribution in [3.8, 4) is 0 Å². The first-order valence-electron chi connectivity index (χ1n) is 7.37. The van der Waals surface area contributed by atoms with Gasteiger partial charge in [0.1, 0.15) is 5.82 Å². The molecule has 1 aliphatic heterocycles. The number of nitrogens with zero attached hydrogens (tertiary/aromatic N) is 4. The fraction of sp³-hybridized carbons (Fsp3) is 0.643. The highest BCUT2D eigenvalue weighted by molar-refractivity contribution is 5.51. The monoisotopic (exact) mass is 275 g/mol. The molecule has 1 aromatic heterocycles. The second-order valence-electron chi connectivity index (χ2n) is 5.52. The zero-order valence-electron chi connectivity index (χ0n) is 11.7. The van der Waals surface area contributed by atoms with E-state index < -0.39 is 0 Å². The molecule has 0 spiro atoms. The maximum absolute atomic E-state index is 10.7. The molecule has 2 N–H and O–H groups in total. The van der Waals surface area contributed by atoms with Crippen LogP contribution in [-0.4, -0.2) is 47.5 Å². The molecule has 0 bridgehead atoms. The van der Waals surface area contributed by atoms with Gasteiger partial charge in [-0.25, -0.2) is 4.98 Å². The van der Waals surface area contributed by atoms with E-state index in [1.165, 1.54) is 19.3 Å². The summed E-state index contributed by atoms with van der Waals surface area (Å²) in [5, 5.41) is 0. The number of nitrogen functional groups attached to an aromatic ring is 1. The van der Waals surface area contributed by atoms with Gasteiger partial charge in [-0.1, -0.05) is 6.42 Å². The molecular weight excluding hydrogens is 254 g/mol. The largest absolute Gasteiger partial charge is 0.383 e. The first-order chi connectivity index (χ1) is 9.78. The average molecular weight is 275 g/mol. The standard InChI is InChI=1S/C14H21N5O/c15-13-11-4-2-1-3-5-12(11)16-14(17-13)19-8-6-18(10-20)7-9-19/h10H,1-9H2,(H2,15,16,17). The van der Waals surface area contributed by atoms with Gasteiger partial charge in [-0.2, -0.15) is 4.98 Å². The lowest BCUT2D eigenvalue weighted by molar-refractivity contribution is -0.118. The number of amides is 1. The van der Waals surface area contributed by atoms with Crippen molar-refractivity contribution in [2.45, 2.75) is 32.1 Å². The van der Waals surface area contributed by atoms with Crippen LogP contribution in [0.2, 0.25) is 0 Å². The summed E-state index contributed by atoms with van der Waals surface area (Å²) in [6.07, 6.45) is 6.51. The van der Waals surface area contributed by atoms with Crippen LogP contribution in [0.15, 0.2) is 0 Å². The normalized spacial score (nSPS) is 19.4. The zero-order valence-corrected chi connectivity index (χ0v) is 11.7. The van der Waals surface area contributed by atoms with E-state index in [4.69, 9.17) is 10.7 Å². The number of carbonyl (C=O) groups excluding carboxylic acids is 1. The highest BCUT2D eigenvalue weighted by atomic mass is 16.1. The number of aryl methyl sites for hydroxylation is 1. The Morgan fingerprint density at radius 3 is 2.50 bits per heavy atom. The zero-order chi connectivity index (χ0) is 13.9. The molecular formula is C14H21N5O. The molecule has 20 heavy (non-hydrogen) atoms.